The number of anilines is 1. The van der Waals surface area contributed by atoms with E-state index >= 15 is 0 Å². The van der Waals surface area contributed by atoms with Gasteiger partial charge in [-0.1, -0.05) is 17.3 Å². The number of hydrogen-bond donors (Lipinski definition) is 0. The van der Waals surface area contributed by atoms with Crippen LogP contribution in [0.4, 0.5) is 10.1 Å². The van der Waals surface area contributed by atoms with E-state index in [0.29, 0.717) is 29.6 Å². The Hall–Kier alpha value is -3.72. The molecule has 0 spiro atoms. The number of aromatic nitrogens is 4. The quantitative estimate of drug-likeness (QED) is 0.369. The van der Waals surface area contributed by atoms with Crippen molar-refractivity contribution in [2.75, 3.05) is 38.1 Å². The van der Waals surface area contributed by atoms with Crippen LogP contribution in [0.2, 0.25) is 0 Å². The fourth-order valence-electron chi connectivity index (χ4n) is 4.25. The van der Waals surface area contributed by atoms with Gasteiger partial charge in [0, 0.05) is 57.3 Å². The predicted octanol–water partition coefficient (Wildman–Crippen LogP) is 4.79. The van der Waals surface area contributed by atoms with Gasteiger partial charge in [-0.25, -0.2) is 9.67 Å². The molecule has 1 aliphatic heterocycles. The molecule has 0 amide bonds. The Bertz CT molecular complexity index is 1320. The van der Waals surface area contributed by atoms with Crippen molar-refractivity contribution in [2.45, 2.75) is 33.2 Å². The van der Waals surface area contributed by atoms with E-state index in [1.54, 1.807) is 12.1 Å². The Balaban J connectivity index is 1.29. The van der Waals surface area contributed by atoms with Crippen LogP contribution in [0, 0.1) is 6.92 Å². The summed E-state index contributed by atoms with van der Waals surface area (Å²) in [6, 6.07) is 17.5. The molecule has 3 heterocycles. The molecule has 36 heavy (non-hydrogen) atoms. The summed E-state index contributed by atoms with van der Waals surface area (Å²) in [5, 5.41) is 8.85. The lowest BCUT2D eigenvalue weighted by molar-refractivity contribution is -0.0256. The SMILES string of the molecule is Cc1nc(-c2cc(-c3ccc(OC(C)(C)F)cc3)no2)nn1Cc1cccc(N2CCN(C)CC2)c1. The third-order valence-corrected chi connectivity index (χ3v) is 6.21. The summed E-state index contributed by atoms with van der Waals surface area (Å²) in [4.78, 5) is 9.38. The van der Waals surface area contributed by atoms with Gasteiger partial charge in [-0.2, -0.15) is 4.39 Å². The molecule has 1 aliphatic rings. The molecule has 0 bridgehead atoms. The van der Waals surface area contributed by atoms with Crippen LogP contribution in [0.25, 0.3) is 22.8 Å². The van der Waals surface area contributed by atoms with Crippen LogP contribution in [0.1, 0.15) is 25.2 Å². The lowest BCUT2D eigenvalue weighted by Crippen LogP contribution is -2.44. The average molecular weight is 491 g/mol. The van der Waals surface area contributed by atoms with Crippen LogP contribution in [0.15, 0.2) is 59.1 Å². The maximum Gasteiger partial charge on any atom is 0.242 e. The molecule has 5 rings (SSSR count). The second-order valence-electron chi connectivity index (χ2n) is 9.67. The Morgan fingerprint density at radius 1 is 1.03 bits per heavy atom. The minimum atomic E-state index is -1.74. The monoisotopic (exact) mass is 490 g/mol. The Labute approximate surface area is 210 Å². The minimum absolute atomic E-state index is 0.447. The average Bonchev–Trinajstić information content (AvgIpc) is 3.47. The first-order valence-corrected chi connectivity index (χ1v) is 12.1. The van der Waals surface area contributed by atoms with Crippen LogP contribution in [-0.4, -0.2) is 63.9 Å². The number of nitrogens with zero attached hydrogens (tertiary/aromatic N) is 6. The van der Waals surface area contributed by atoms with Crippen molar-refractivity contribution in [3.05, 3.63) is 66.0 Å². The van der Waals surface area contributed by atoms with Gasteiger partial charge < -0.3 is 19.1 Å². The van der Waals surface area contributed by atoms with E-state index in [1.807, 2.05) is 29.8 Å². The minimum Gasteiger partial charge on any atom is -0.459 e. The summed E-state index contributed by atoms with van der Waals surface area (Å²) in [6.07, 6.45) is 0. The van der Waals surface area contributed by atoms with Crippen molar-refractivity contribution in [1.82, 2.24) is 24.8 Å². The summed E-state index contributed by atoms with van der Waals surface area (Å²) in [5.74, 6) is 0.478. The smallest absolute Gasteiger partial charge is 0.242 e. The van der Waals surface area contributed by atoms with Gasteiger partial charge in [0.05, 0.1) is 6.54 Å². The number of aryl methyl sites for hydroxylation is 1. The van der Waals surface area contributed by atoms with Crippen LogP contribution < -0.4 is 9.64 Å². The number of benzene rings is 2. The first-order valence-electron chi connectivity index (χ1n) is 12.1. The zero-order valence-electron chi connectivity index (χ0n) is 21.1. The van der Waals surface area contributed by atoms with E-state index in [2.05, 4.69) is 56.4 Å². The fourth-order valence-corrected chi connectivity index (χ4v) is 4.25. The summed E-state index contributed by atoms with van der Waals surface area (Å²) in [5.41, 5.74) is 3.88. The van der Waals surface area contributed by atoms with Crippen LogP contribution in [0.5, 0.6) is 5.75 Å². The maximum absolute atomic E-state index is 13.7. The van der Waals surface area contributed by atoms with Gasteiger partial charge in [-0.3, -0.25) is 0 Å². The Morgan fingerprint density at radius 3 is 2.50 bits per heavy atom. The van der Waals surface area contributed by atoms with Crippen LogP contribution in [-0.2, 0) is 6.54 Å². The Kier molecular flexibility index (Phi) is 6.49. The highest BCUT2D eigenvalue weighted by Gasteiger charge is 2.19. The first kappa shape index (κ1) is 24.0. The lowest BCUT2D eigenvalue weighted by atomic mass is 10.1. The highest BCUT2D eigenvalue weighted by atomic mass is 19.2. The predicted molar refractivity (Wildman–Crippen MR) is 137 cm³/mol. The molecule has 9 heteroatoms. The van der Waals surface area contributed by atoms with Gasteiger partial charge in [-0.15, -0.1) is 5.10 Å². The highest BCUT2D eigenvalue weighted by Crippen LogP contribution is 2.27. The Morgan fingerprint density at radius 2 is 1.78 bits per heavy atom. The molecule has 0 atom stereocenters. The molecule has 0 unspecified atom stereocenters. The summed E-state index contributed by atoms with van der Waals surface area (Å²) in [7, 11) is 2.16. The van der Waals surface area contributed by atoms with E-state index in [0.717, 1.165) is 37.6 Å². The highest BCUT2D eigenvalue weighted by molar-refractivity contribution is 5.64. The van der Waals surface area contributed by atoms with Crippen molar-refractivity contribution >= 4 is 5.69 Å². The number of hydrogen-bond acceptors (Lipinski definition) is 7. The number of alkyl halides is 1. The van der Waals surface area contributed by atoms with Gasteiger partial charge in [0.1, 0.15) is 17.3 Å². The van der Waals surface area contributed by atoms with Gasteiger partial charge in [0.25, 0.3) is 0 Å². The standard InChI is InChI=1S/C27H31FN6O2/c1-19-29-26(25-17-24(31-36-25)21-8-10-23(11-9-21)35-27(2,3)28)30-34(19)18-20-6-5-7-22(16-20)33-14-12-32(4)13-15-33/h5-11,16-17H,12-15,18H2,1-4H3. The fraction of sp³-hybridized carbons (Fsp3) is 0.370. The molecule has 8 nitrogen and oxygen atoms in total. The van der Waals surface area contributed by atoms with Crippen molar-refractivity contribution in [3.8, 4) is 28.6 Å². The molecule has 1 fully saturated rings. The van der Waals surface area contributed by atoms with Crippen molar-refractivity contribution in [1.29, 1.82) is 0 Å². The topological polar surface area (TPSA) is 72.4 Å². The third-order valence-electron chi connectivity index (χ3n) is 6.21. The largest absolute Gasteiger partial charge is 0.459 e. The first-order chi connectivity index (χ1) is 17.2. The van der Waals surface area contributed by atoms with Gasteiger partial charge in [0.15, 0.2) is 0 Å². The summed E-state index contributed by atoms with van der Waals surface area (Å²) < 4.78 is 26.4. The molecular weight excluding hydrogens is 459 g/mol. The molecule has 0 radical (unpaired) electrons. The van der Waals surface area contributed by atoms with Crippen molar-refractivity contribution in [3.63, 3.8) is 0 Å². The lowest BCUT2D eigenvalue weighted by Gasteiger charge is -2.34. The van der Waals surface area contributed by atoms with Crippen molar-refractivity contribution in [2.24, 2.45) is 0 Å². The molecule has 2 aromatic heterocycles. The number of piperazine rings is 1. The number of ether oxygens (including phenoxy) is 1. The van der Waals surface area contributed by atoms with E-state index in [1.165, 1.54) is 25.1 Å². The number of likely N-dealkylation sites (N-methyl/N-ethyl adjacent to an activating group) is 1. The van der Waals surface area contributed by atoms with Crippen LogP contribution >= 0.6 is 0 Å². The molecule has 0 aliphatic carbocycles. The van der Waals surface area contributed by atoms with E-state index in [9.17, 15) is 4.39 Å². The summed E-state index contributed by atoms with van der Waals surface area (Å²) >= 11 is 0. The normalized spacial score (nSPS) is 14.9. The maximum atomic E-state index is 13.7. The van der Waals surface area contributed by atoms with Crippen LogP contribution in [0.3, 0.4) is 0 Å². The number of halogens is 1. The molecule has 188 valence electrons. The second-order valence-corrected chi connectivity index (χ2v) is 9.67. The van der Waals surface area contributed by atoms with Gasteiger partial charge in [0.2, 0.25) is 17.4 Å². The molecule has 1 saturated heterocycles. The molecule has 4 aromatic rings. The van der Waals surface area contributed by atoms with E-state index in [4.69, 9.17) is 9.26 Å². The second kappa shape index (κ2) is 9.73. The van der Waals surface area contributed by atoms with Crippen molar-refractivity contribution < 1.29 is 13.7 Å². The summed E-state index contributed by atoms with van der Waals surface area (Å²) in [6.45, 7) is 9.49. The molecule has 0 saturated carbocycles. The molecular formula is C27H31FN6O2. The zero-order valence-corrected chi connectivity index (χ0v) is 21.1. The van der Waals surface area contributed by atoms with E-state index < -0.39 is 5.85 Å². The van der Waals surface area contributed by atoms with E-state index in [-0.39, 0.29) is 0 Å². The molecule has 0 N–H and O–H groups in total. The van der Waals surface area contributed by atoms with Gasteiger partial charge >= 0.3 is 0 Å². The number of rotatable bonds is 7. The molecule has 2 aromatic carbocycles. The van der Waals surface area contributed by atoms with Gasteiger partial charge in [-0.05, 0) is 55.9 Å². The third kappa shape index (κ3) is 5.57. The zero-order chi connectivity index (χ0) is 25.3.